The maximum atomic E-state index is 12.2. The molecule has 1 amide bonds. The topological polar surface area (TPSA) is 83.1 Å². The van der Waals surface area contributed by atoms with Gasteiger partial charge in [-0.05, 0) is 61.7 Å². The molecule has 2 aromatic rings. The van der Waals surface area contributed by atoms with E-state index in [-0.39, 0.29) is 19.9 Å². The molecule has 7 heteroatoms. The highest BCUT2D eigenvalue weighted by molar-refractivity contribution is 5.83. The molecule has 0 bridgehead atoms. The monoisotopic (exact) mass is 385 g/mol. The lowest BCUT2D eigenvalue weighted by atomic mass is 10.1. The van der Waals surface area contributed by atoms with Gasteiger partial charge in [0.25, 0.3) is 5.91 Å². The Hall–Kier alpha value is -3.22. The Balaban J connectivity index is 1.43. The second-order valence-corrected chi connectivity index (χ2v) is 6.65. The standard InChI is InChI=1S/C21H23NO6/c1-13-6-14(2)8-17(7-13)25-11-20(23)28-15(3)21(24)22-10-16-4-5-18-19(9-16)27-12-26-18/h4-9,15H,10-12H2,1-3H3,(H,22,24)/t15-/m1/s1. The smallest absolute Gasteiger partial charge is 0.344 e. The highest BCUT2D eigenvalue weighted by Crippen LogP contribution is 2.32. The van der Waals surface area contributed by atoms with Gasteiger partial charge in [0, 0.05) is 6.54 Å². The third kappa shape index (κ3) is 5.16. The number of benzene rings is 2. The number of aryl methyl sites for hydroxylation is 2. The minimum atomic E-state index is -0.927. The van der Waals surface area contributed by atoms with E-state index in [1.807, 2.05) is 38.1 Å². The second kappa shape index (κ2) is 8.65. The molecule has 7 nitrogen and oxygen atoms in total. The fraction of sp³-hybridized carbons (Fsp3) is 0.333. The van der Waals surface area contributed by atoms with Crippen molar-refractivity contribution in [3.8, 4) is 17.2 Å². The molecule has 0 radical (unpaired) electrons. The third-order valence-corrected chi connectivity index (χ3v) is 4.13. The molecule has 0 aliphatic carbocycles. The summed E-state index contributed by atoms with van der Waals surface area (Å²) in [6.45, 7) is 5.64. The first-order valence-corrected chi connectivity index (χ1v) is 8.97. The molecule has 3 rings (SSSR count). The van der Waals surface area contributed by atoms with Crippen molar-refractivity contribution >= 4 is 11.9 Å². The molecule has 1 aliphatic heterocycles. The molecule has 1 N–H and O–H groups in total. The van der Waals surface area contributed by atoms with E-state index < -0.39 is 18.0 Å². The first-order valence-electron chi connectivity index (χ1n) is 8.97. The zero-order valence-electron chi connectivity index (χ0n) is 16.1. The lowest BCUT2D eigenvalue weighted by Gasteiger charge is -2.14. The fourth-order valence-electron chi connectivity index (χ4n) is 2.83. The zero-order valence-corrected chi connectivity index (χ0v) is 16.1. The summed E-state index contributed by atoms with van der Waals surface area (Å²) in [5.74, 6) is 0.924. The number of rotatable bonds is 7. The average molecular weight is 385 g/mol. The van der Waals surface area contributed by atoms with Gasteiger partial charge in [-0.2, -0.15) is 0 Å². The van der Waals surface area contributed by atoms with E-state index in [1.54, 1.807) is 12.1 Å². The largest absolute Gasteiger partial charge is 0.482 e. The van der Waals surface area contributed by atoms with E-state index in [0.29, 0.717) is 17.2 Å². The normalized spacial score (nSPS) is 13.0. The molecule has 2 aromatic carbocycles. The van der Waals surface area contributed by atoms with Gasteiger partial charge in [0.05, 0.1) is 0 Å². The lowest BCUT2D eigenvalue weighted by Crippen LogP contribution is -2.36. The van der Waals surface area contributed by atoms with Crippen LogP contribution < -0.4 is 19.5 Å². The summed E-state index contributed by atoms with van der Waals surface area (Å²) in [7, 11) is 0. The maximum Gasteiger partial charge on any atom is 0.344 e. The van der Waals surface area contributed by atoms with Crippen molar-refractivity contribution in [3.05, 3.63) is 53.1 Å². The molecule has 0 unspecified atom stereocenters. The summed E-state index contributed by atoms with van der Waals surface area (Å²) < 4.78 is 21.1. The first kappa shape index (κ1) is 19.5. The summed E-state index contributed by atoms with van der Waals surface area (Å²) in [4.78, 5) is 24.1. The molecule has 1 heterocycles. The van der Waals surface area contributed by atoms with Gasteiger partial charge >= 0.3 is 5.97 Å². The van der Waals surface area contributed by atoms with Crippen LogP contribution in [0.25, 0.3) is 0 Å². The summed E-state index contributed by atoms with van der Waals surface area (Å²) in [5.41, 5.74) is 2.94. The summed E-state index contributed by atoms with van der Waals surface area (Å²) >= 11 is 0. The van der Waals surface area contributed by atoms with E-state index >= 15 is 0 Å². The van der Waals surface area contributed by atoms with Crippen LogP contribution in [-0.4, -0.2) is 31.4 Å². The molecular weight excluding hydrogens is 362 g/mol. The average Bonchev–Trinajstić information content (AvgIpc) is 3.11. The van der Waals surface area contributed by atoms with Crippen molar-refractivity contribution in [1.29, 1.82) is 0 Å². The number of carbonyl (C=O) groups excluding carboxylic acids is 2. The maximum absolute atomic E-state index is 12.2. The first-order chi connectivity index (χ1) is 13.4. The molecule has 28 heavy (non-hydrogen) atoms. The van der Waals surface area contributed by atoms with Gasteiger partial charge in [0.15, 0.2) is 24.2 Å². The second-order valence-electron chi connectivity index (χ2n) is 6.65. The molecule has 0 fully saturated rings. The van der Waals surface area contributed by atoms with Crippen molar-refractivity contribution < 1.29 is 28.5 Å². The van der Waals surface area contributed by atoms with Gasteiger partial charge < -0.3 is 24.3 Å². The molecule has 1 aliphatic rings. The van der Waals surface area contributed by atoms with Crippen LogP contribution in [0.15, 0.2) is 36.4 Å². The molecular formula is C21H23NO6. The van der Waals surface area contributed by atoms with Crippen molar-refractivity contribution in [2.45, 2.75) is 33.4 Å². The number of hydrogen-bond donors (Lipinski definition) is 1. The van der Waals surface area contributed by atoms with E-state index in [2.05, 4.69) is 5.32 Å². The van der Waals surface area contributed by atoms with Crippen LogP contribution in [0.5, 0.6) is 17.2 Å². The molecule has 148 valence electrons. The number of carbonyl (C=O) groups is 2. The van der Waals surface area contributed by atoms with Crippen LogP contribution in [0.3, 0.4) is 0 Å². The van der Waals surface area contributed by atoms with E-state index in [4.69, 9.17) is 18.9 Å². The van der Waals surface area contributed by atoms with Crippen LogP contribution in [0.2, 0.25) is 0 Å². The van der Waals surface area contributed by atoms with E-state index in [0.717, 1.165) is 16.7 Å². The molecule has 0 saturated carbocycles. The highest BCUT2D eigenvalue weighted by atomic mass is 16.7. The summed E-state index contributed by atoms with van der Waals surface area (Å²) in [5, 5.41) is 2.73. The quantitative estimate of drug-likeness (QED) is 0.738. The number of esters is 1. The fourth-order valence-corrected chi connectivity index (χ4v) is 2.83. The zero-order chi connectivity index (χ0) is 20.1. The van der Waals surface area contributed by atoms with Gasteiger partial charge in [0.1, 0.15) is 5.75 Å². The van der Waals surface area contributed by atoms with Gasteiger partial charge in [-0.25, -0.2) is 4.79 Å². The Morgan fingerprint density at radius 3 is 2.54 bits per heavy atom. The van der Waals surface area contributed by atoms with Crippen molar-refractivity contribution in [2.75, 3.05) is 13.4 Å². The number of amides is 1. The van der Waals surface area contributed by atoms with Gasteiger partial charge in [-0.1, -0.05) is 12.1 Å². The Labute approximate surface area is 163 Å². The number of nitrogens with one attached hydrogen (secondary N) is 1. The Morgan fingerprint density at radius 1 is 1.07 bits per heavy atom. The van der Waals surface area contributed by atoms with Crippen molar-refractivity contribution in [2.24, 2.45) is 0 Å². The molecule has 0 saturated heterocycles. The van der Waals surface area contributed by atoms with E-state index in [1.165, 1.54) is 6.92 Å². The van der Waals surface area contributed by atoms with Crippen LogP contribution in [0.1, 0.15) is 23.6 Å². The van der Waals surface area contributed by atoms with Gasteiger partial charge in [0.2, 0.25) is 6.79 Å². The summed E-state index contributed by atoms with van der Waals surface area (Å²) in [6, 6.07) is 11.1. The predicted octanol–water partition coefficient (Wildman–Crippen LogP) is 2.66. The van der Waals surface area contributed by atoms with Crippen LogP contribution in [-0.2, 0) is 20.9 Å². The molecule has 0 aromatic heterocycles. The third-order valence-electron chi connectivity index (χ3n) is 4.13. The van der Waals surface area contributed by atoms with Crippen LogP contribution in [0.4, 0.5) is 0 Å². The highest BCUT2D eigenvalue weighted by Gasteiger charge is 2.19. The lowest BCUT2D eigenvalue weighted by molar-refractivity contribution is -0.156. The summed E-state index contributed by atoms with van der Waals surface area (Å²) in [6.07, 6.45) is -0.927. The van der Waals surface area contributed by atoms with Crippen LogP contribution in [0, 0.1) is 13.8 Å². The minimum Gasteiger partial charge on any atom is -0.482 e. The van der Waals surface area contributed by atoms with Crippen LogP contribution >= 0.6 is 0 Å². The predicted molar refractivity (Wildman–Crippen MR) is 101 cm³/mol. The van der Waals surface area contributed by atoms with Crippen molar-refractivity contribution in [3.63, 3.8) is 0 Å². The number of hydrogen-bond acceptors (Lipinski definition) is 6. The Kier molecular flexibility index (Phi) is 6.03. The van der Waals surface area contributed by atoms with Gasteiger partial charge in [-0.15, -0.1) is 0 Å². The molecule has 0 spiro atoms. The van der Waals surface area contributed by atoms with Crippen molar-refractivity contribution in [1.82, 2.24) is 5.32 Å². The van der Waals surface area contributed by atoms with E-state index in [9.17, 15) is 9.59 Å². The Bertz CT molecular complexity index is 859. The van der Waals surface area contributed by atoms with Gasteiger partial charge in [-0.3, -0.25) is 4.79 Å². The minimum absolute atomic E-state index is 0.197. The number of fused-ring (bicyclic) bond motifs is 1. The molecule has 1 atom stereocenters. The SMILES string of the molecule is Cc1cc(C)cc(OCC(=O)O[C@H](C)C(=O)NCc2ccc3c(c2)OCO3)c1. The Morgan fingerprint density at radius 2 is 1.79 bits per heavy atom. The number of ether oxygens (including phenoxy) is 4.